The van der Waals surface area contributed by atoms with Gasteiger partial charge in [0.1, 0.15) is 0 Å². The fourth-order valence-corrected chi connectivity index (χ4v) is 2.57. The summed E-state index contributed by atoms with van der Waals surface area (Å²) in [7, 11) is 2.24. The molecule has 2 nitrogen and oxygen atoms in total. The summed E-state index contributed by atoms with van der Waals surface area (Å²) in [5.74, 6) is 0.861. The number of hydrogen-bond acceptors (Lipinski definition) is 2. The van der Waals surface area contributed by atoms with Crippen molar-refractivity contribution in [3.63, 3.8) is 0 Å². The molecule has 0 bridgehead atoms. The molecule has 0 saturated carbocycles. The van der Waals surface area contributed by atoms with Crippen LogP contribution in [0.1, 0.15) is 46.5 Å². The Morgan fingerprint density at radius 3 is 2.73 bits per heavy atom. The van der Waals surface area contributed by atoms with Gasteiger partial charge in [0.15, 0.2) is 0 Å². The van der Waals surface area contributed by atoms with Crippen LogP contribution in [0, 0.1) is 5.92 Å². The van der Waals surface area contributed by atoms with E-state index in [0.29, 0.717) is 5.54 Å². The number of rotatable bonds is 5. The van der Waals surface area contributed by atoms with E-state index in [1.165, 1.54) is 45.3 Å². The normalized spacial score (nSPS) is 24.4. The van der Waals surface area contributed by atoms with Crippen molar-refractivity contribution >= 4 is 0 Å². The van der Waals surface area contributed by atoms with Gasteiger partial charge >= 0.3 is 0 Å². The Balaban J connectivity index is 2.23. The third kappa shape index (κ3) is 4.98. The molecule has 90 valence electrons. The number of nitrogens with one attached hydrogen (secondary N) is 1. The summed E-state index contributed by atoms with van der Waals surface area (Å²) >= 11 is 0. The molecule has 0 aromatic rings. The SMILES string of the molecule is CCCC(C)(C)NCC1CCCN(C)C1. The van der Waals surface area contributed by atoms with Crippen LogP contribution in [0.2, 0.25) is 0 Å². The van der Waals surface area contributed by atoms with E-state index in [-0.39, 0.29) is 0 Å². The predicted molar refractivity (Wildman–Crippen MR) is 67.2 cm³/mol. The lowest BCUT2D eigenvalue weighted by Crippen LogP contribution is -2.45. The van der Waals surface area contributed by atoms with E-state index in [2.05, 4.69) is 38.0 Å². The van der Waals surface area contributed by atoms with E-state index in [9.17, 15) is 0 Å². The lowest BCUT2D eigenvalue weighted by molar-refractivity contribution is 0.193. The van der Waals surface area contributed by atoms with E-state index in [1.54, 1.807) is 0 Å². The Hall–Kier alpha value is -0.0800. The highest BCUT2D eigenvalue weighted by Gasteiger charge is 2.21. The summed E-state index contributed by atoms with van der Waals surface area (Å²) in [6.07, 6.45) is 5.32. The quantitative estimate of drug-likeness (QED) is 0.753. The van der Waals surface area contributed by atoms with Gasteiger partial charge in [-0.3, -0.25) is 0 Å². The summed E-state index contributed by atoms with van der Waals surface area (Å²) in [5.41, 5.74) is 0.324. The molecule has 2 heteroatoms. The lowest BCUT2D eigenvalue weighted by atomic mass is 9.94. The van der Waals surface area contributed by atoms with Crippen molar-refractivity contribution in [3.8, 4) is 0 Å². The summed E-state index contributed by atoms with van der Waals surface area (Å²) in [6, 6.07) is 0. The van der Waals surface area contributed by atoms with Crippen molar-refractivity contribution < 1.29 is 0 Å². The van der Waals surface area contributed by atoms with Gasteiger partial charge in [-0.05, 0) is 59.2 Å². The first-order chi connectivity index (χ1) is 7.03. The Morgan fingerprint density at radius 2 is 2.13 bits per heavy atom. The van der Waals surface area contributed by atoms with Gasteiger partial charge in [0.2, 0.25) is 0 Å². The van der Waals surface area contributed by atoms with Gasteiger partial charge in [-0.1, -0.05) is 13.3 Å². The van der Waals surface area contributed by atoms with Crippen molar-refractivity contribution in [2.75, 3.05) is 26.7 Å². The zero-order valence-electron chi connectivity index (χ0n) is 11.0. The minimum Gasteiger partial charge on any atom is -0.311 e. The minimum atomic E-state index is 0.324. The fourth-order valence-electron chi connectivity index (χ4n) is 2.57. The van der Waals surface area contributed by atoms with Crippen LogP contribution in [0.25, 0.3) is 0 Å². The van der Waals surface area contributed by atoms with Crippen molar-refractivity contribution in [1.29, 1.82) is 0 Å². The molecule has 1 N–H and O–H groups in total. The second-order valence-corrected chi connectivity index (χ2v) is 5.79. The van der Waals surface area contributed by atoms with Crippen LogP contribution >= 0.6 is 0 Å². The van der Waals surface area contributed by atoms with Crippen molar-refractivity contribution in [2.24, 2.45) is 5.92 Å². The van der Waals surface area contributed by atoms with Crippen molar-refractivity contribution in [1.82, 2.24) is 10.2 Å². The van der Waals surface area contributed by atoms with Crippen molar-refractivity contribution in [2.45, 2.75) is 52.0 Å². The Bertz CT molecular complexity index is 177. The largest absolute Gasteiger partial charge is 0.311 e. The van der Waals surface area contributed by atoms with Gasteiger partial charge in [-0.2, -0.15) is 0 Å². The second-order valence-electron chi connectivity index (χ2n) is 5.79. The van der Waals surface area contributed by atoms with E-state index in [1.807, 2.05) is 0 Å². The molecule has 0 aromatic heterocycles. The Kier molecular flexibility index (Phi) is 5.07. The first-order valence-electron chi connectivity index (χ1n) is 6.47. The van der Waals surface area contributed by atoms with Gasteiger partial charge in [-0.15, -0.1) is 0 Å². The molecule has 1 atom stereocenters. The van der Waals surface area contributed by atoms with Crippen LogP contribution in [0.3, 0.4) is 0 Å². The maximum atomic E-state index is 3.72. The molecule has 15 heavy (non-hydrogen) atoms. The molecule has 1 unspecified atom stereocenters. The molecule has 1 heterocycles. The maximum Gasteiger partial charge on any atom is 0.0125 e. The molecular formula is C13H28N2. The fraction of sp³-hybridized carbons (Fsp3) is 1.00. The highest BCUT2D eigenvalue weighted by Crippen LogP contribution is 2.16. The lowest BCUT2D eigenvalue weighted by Gasteiger charge is -2.33. The van der Waals surface area contributed by atoms with Crippen LogP contribution in [0.4, 0.5) is 0 Å². The monoisotopic (exact) mass is 212 g/mol. The Labute approximate surface area is 95.4 Å². The highest BCUT2D eigenvalue weighted by molar-refractivity contribution is 4.80. The van der Waals surface area contributed by atoms with Crippen molar-refractivity contribution in [3.05, 3.63) is 0 Å². The zero-order valence-corrected chi connectivity index (χ0v) is 11.0. The van der Waals surface area contributed by atoms with E-state index < -0.39 is 0 Å². The number of piperidine rings is 1. The Morgan fingerprint density at radius 1 is 1.40 bits per heavy atom. The first-order valence-corrected chi connectivity index (χ1v) is 6.47. The predicted octanol–water partition coefficient (Wildman–Crippen LogP) is 2.50. The molecule has 0 aliphatic carbocycles. The average molecular weight is 212 g/mol. The average Bonchev–Trinajstić information content (AvgIpc) is 2.15. The molecule has 1 saturated heterocycles. The van der Waals surface area contributed by atoms with Crippen LogP contribution in [0.15, 0.2) is 0 Å². The van der Waals surface area contributed by atoms with Crippen LogP contribution in [0.5, 0.6) is 0 Å². The number of likely N-dealkylation sites (tertiary alicyclic amines) is 1. The molecular weight excluding hydrogens is 184 g/mol. The smallest absolute Gasteiger partial charge is 0.0125 e. The standard InChI is InChI=1S/C13H28N2/c1-5-8-13(2,3)14-10-12-7-6-9-15(4)11-12/h12,14H,5-11H2,1-4H3. The number of nitrogens with zero attached hydrogens (tertiary/aromatic N) is 1. The molecule has 1 rings (SSSR count). The molecule has 0 amide bonds. The van der Waals surface area contributed by atoms with E-state index in [4.69, 9.17) is 0 Å². The molecule has 1 fully saturated rings. The highest BCUT2D eigenvalue weighted by atomic mass is 15.1. The van der Waals surface area contributed by atoms with Crippen LogP contribution in [-0.4, -0.2) is 37.1 Å². The van der Waals surface area contributed by atoms with Crippen LogP contribution < -0.4 is 5.32 Å². The van der Waals surface area contributed by atoms with Gasteiger partial charge in [-0.25, -0.2) is 0 Å². The molecule has 0 spiro atoms. The summed E-state index contributed by atoms with van der Waals surface area (Å²) in [4.78, 5) is 2.46. The topological polar surface area (TPSA) is 15.3 Å². The van der Waals surface area contributed by atoms with E-state index >= 15 is 0 Å². The summed E-state index contributed by atoms with van der Waals surface area (Å²) in [6.45, 7) is 10.7. The van der Waals surface area contributed by atoms with Gasteiger partial charge in [0.25, 0.3) is 0 Å². The summed E-state index contributed by atoms with van der Waals surface area (Å²) < 4.78 is 0. The van der Waals surface area contributed by atoms with Gasteiger partial charge < -0.3 is 10.2 Å². The molecule has 0 radical (unpaired) electrons. The second kappa shape index (κ2) is 5.86. The first kappa shape index (κ1) is 13.0. The minimum absolute atomic E-state index is 0.324. The van der Waals surface area contributed by atoms with Gasteiger partial charge in [0, 0.05) is 12.1 Å². The number of hydrogen-bond donors (Lipinski definition) is 1. The zero-order chi connectivity index (χ0) is 11.3. The summed E-state index contributed by atoms with van der Waals surface area (Å²) in [5, 5.41) is 3.72. The van der Waals surface area contributed by atoms with Gasteiger partial charge in [0.05, 0.1) is 0 Å². The molecule has 1 aliphatic heterocycles. The van der Waals surface area contributed by atoms with Crippen LogP contribution in [-0.2, 0) is 0 Å². The maximum absolute atomic E-state index is 3.72. The third-order valence-corrected chi connectivity index (χ3v) is 3.47. The molecule has 0 aromatic carbocycles. The molecule has 1 aliphatic rings. The van der Waals surface area contributed by atoms with E-state index in [0.717, 1.165) is 5.92 Å². The third-order valence-electron chi connectivity index (χ3n) is 3.47.